The summed E-state index contributed by atoms with van der Waals surface area (Å²) >= 11 is 5.68. The van der Waals surface area contributed by atoms with Crippen LogP contribution in [-0.2, 0) is 10.3 Å². The normalized spacial score (nSPS) is 15.0. The zero-order valence-corrected chi connectivity index (χ0v) is 9.64. The molecule has 0 bridgehead atoms. The number of hydrogen-bond acceptors (Lipinski definition) is 2. The maximum Gasteiger partial charge on any atom is 0.129 e. The van der Waals surface area contributed by atoms with Gasteiger partial charge in [0.25, 0.3) is 0 Å². The van der Waals surface area contributed by atoms with E-state index in [1.165, 1.54) is 6.07 Å². The van der Waals surface area contributed by atoms with Crippen LogP contribution in [0.15, 0.2) is 18.2 Å². The number of ether oxygens (including phenoxy) is 1. The van der Waals surface area contributed by atoms with Crippen LogP contribution in [0.4, 0.5) is 4.39 Å². The van der Waals surface area contributed by atoms with E-state index < -0.39 is 5.54 Å². The zero-order valence-electron chi connectivity index (χ0n) is 8.89. The Balaban J connectivity index is 3.12. The molecule has 0 saturated heterocycles. The highest BCUT2D eigenvalue weighted by molar-refractivity contribution is 6.30. The van der Waals surface area contributed by atoms with E-state index in [-0.39, 0.29) is 12.4 Å². The maximum absolute atomic E-state index is 13.6. The van der Waals surface area contributed by atoms with Crippen molar-refractivity contribution in [2.45, 2.75) is 18.9 Å². The molecule has 0 radical (unpaired) electrons. The van der Waals surface area contributed by atoms with E-state index in [2.05, 4.69) is 0 Å². The predicted molar refractivity (Wildman–Crippen MR) is 59.4 cm³/mol. The van der Waals surface area contributed by atoms with Crippen LogP contribution in [0, 0.1) is 5.82 Å². The maximum atomic E-state index is 13.6. The summed E-state index contributed by atoms with van der Waals surface area (Å²) in [4.78, 5) is 0. The summed E-state index contributed by atoms with van der Waals surface area (Å²) < 4.78 is 18.6. The van der Waals surface area contributed by atoms with Crippen molar-refractivity contribution in [3.8, 4) is 0 Å². The molecule has 1 aromatic carbocycles. The molecule has 0 fully saturated rings. The van der Waals surface area contributed by atoms with E-state index in [0.29, 0.717) is 17.0 Å². The lowest BCUT2D eigenvalue weighted by Gasteiger charge is -2.28. The first-order chi connectivity index (χ1) is 7.03. The van der Waals surface area contributed by atoms with Gasteiger partial charge in [0.15, 0.2) is 0 Å². The third-order valence-corrected chi connectivity index (χ3v) is 2.74. The van der Waals surface area contributed by atoms with Crippen LogP contribution in [0.5, 0.6) is 0 Å². The zero-order chi connectivity index (χ0) is 11.5. The Bertz CT molecular complexity index is 345. The second kappa shape index (κ2) is 4.92. The highest BCUT2D eigenvalue weighted by Gasteiger charge is 2.28. The number of methoxy groups -OCH3 is 1. The SMILES string of the molecule is CCC(N)(COC)c1ccc(Cl)cc1F. The summed E-state index contributed by atoms with van der Waals surface area (Å²) in [6, 6.07) is 4.51. The van der Waals surface area contributed by atoms with Crippen molar-refractivity contribution in [2.75, 3.05) is 13.7 Å². The lowest BCUT2D eigenvalue weighted by Crippen LogP contribution is -2.41. The fraction of sp³-hybridized carbons (Fsp3) is 0.455. The van der Waals surface area contributed by atoms with E-state index in [1.54, 1.807) is 19.2 Å². The van der Waals surface area contributed by atoms with E-state index in [0.717, 1.165) is 0 Å². The van der Waals surface area contributed by atoms with Crippen LogP contribution in [0.2, 0.25) is 5.02 Å². The van der Waals surface area contributed by atoms with Crippen molar-refractivity contribution >= 4 is 11.6 Å². The molecule has 84 valence electrons. The fourth-order valence-corrected chi connectivity index (χ4v) is 1.68. The molecular formula is C11H15ClFNO. The van der Waals surface area contributed by atoms with Gasteiger partial charge in [0.2, 0.25) is 0 Å². The van der Waals surface area contributed by atoms with Crippen LogP contribution in [0.25, 0.3) is 0 Å². The standard InChI is InChI=1S/C11H15ClFNO/c1-3-11(14,7-15-2)9-5-4-8(12)6-10(9)13/h4-6H,3,7,14H2,1-2H3. The Morgan fingerprint density at radius 1 is 1.53 bits per heavy atom. The largest absolute Gasteiger partial charge is 0.382 e. The van der Waals surface area contributed by atoms with Crippen molar-refractivity contribution in [3.05, 3.63) is 34.6 Å². The van der Waals surface area contributed by atoms with Gasteiger partial charge in [-0.1, -0.05) is 24.6 Å². The Hall–Kier alpha value is -0.640. The highest BCUT2D eigenvalue weighted by atomic mass is 35.5. The molecule has 2 nitrogen and oxygen atoms in total. The summed E-state index contributed by atoms with van der Waals surface area (Å²) in [6.45, 7) is 2.18. The van der Waals surface area contributed by atoms with E-state index >= 15 is 0 Å². The molecule has 0 aliphatic carbocycles. The molecule has 0 aromatic heterocycles. The molecular weight excluding hydrogens is 217 g/mol. The summed E-state index contributed by atoms with van der Waals surface area (Å²) in [5.74, 6) is -0.385. The second-order valence-electron chi connectivity index (χ2n) is 3.57. The van der Waals surface area contributed by atoms with Gasteiger partial charge in [-0.15, -0.1) is 0 Å². The quantitative estimate of drug-likeness (QED) is 0.865. The molecule has 2 N–H and O–H groups in total. The lowest BCUT2D eigenvalue weighted by molar-refractivity contribution is 0.127. The minimum atomic E-state index is -0.788. The first-order valence-corrected chi connectivity index (χ1v) is 5.14. The van der Waals surface area contributed by atoms with Crippen molar-refractivity contribution in [1.29, 1.82) is 0 Å². The molecule has 0 spiro atoms. The van der Waals surface area contributed by atoms with Crippen molar-refractivity contribution < 1.29 is 9.13 Å². The number of nitrogens with two attached hydrogens (primary N) is 1. The van der Waals surface area contributed by atoms with E-state index in [1.807, 2.05) is 6.92 Å². The van der Waals surface area contributed by atoms with Crippen LogP contribution >= 0.6 is 11.6 Å². The lowest BCUT2D eigenvalue weighted by atomic mass is 9.89. The van der Waals surface area contributed by atoms with Gasteiger partial charge in [-0.2, -0.15) is 0 Å². The third-order valence-electron chi connectivity index (χ3n) is 2.50. The van der Waals surface area contributed by atoms with Gasteiger partial charge in [0.05, 0.1) is 12.1 Å². The topological polar surface area (TPSA) is 35.2 Å². The van der Waals surface area contributed by atoms with E-state index in [4.69, 9.17) is 22.1 Å². The summed E-state index contributed by atoms with van der Waals surface area (Å²) in [6.07, 6.45) is 0.597. The van der Waals surface area contributed by atoms with Crippen molar-refractivity contribution in [3.63, 3.8) is 0 Å². The van der Waals surface area contributed by atoms with Gasteiger partial charge in [-0.3, -0.25) is 0 Å². The molecule has 15 heavy (non-hydrogen) atoms. The van der Waals surface area contributed by atoms with Gasteiger partial charge in [-0.05, 0) is 18.6 Å². The second-order valence-corrected chi connectivity index (χ2v) is 4.00. The average Bonchev–Trinajstić information content (AvgIpc) is 2.17. The monoisotopic (exact) mass is 231 g/mol. The minimum Gasteiger partial charge on any atom is -0.382 e. The Labute approximate surface area is 94.2 Å². The predicted octanol–water partition coefficient (Wildman–Crippen LogP) is 2.69. The molecule has 0 amide bonds. The van der Waals surface area contributed by atoms with Crippen molar-refractivity contribution in [1.82, 2.24) is 0 Å². The fourth-order valence-electron chi connectivity index (χ4n) is 1.52. The highest BCUT2D eigenvalue weighted by Crippen LogP contribution is 2.26. The first kappa shape index (κ1) is 12.4. The molecule has 1 aromatic rings. The number of rotatable bonds is 4. The summed E-state index contributed by atoms with van der Waals surface area (Å²) in [5.41, 5.74) is 5.72. The van der Waals surface area contributed by atoms with Gasteiger partial charge >= 0.3 is 0 Å². The molecule has 4 heteroatoms. The minimum absolute atomic E-state index is 0.280. The number of benzene rings is 1. The summed E-state index contributed by atoms with van der Waals surface area (Å²) in [5, 5.41) is 0.368. The molecule has 0 aliphatic heterocycles. The van der Waals surface area contributed by atoms with Gasteiger partial charge < -0.3 is 10.5 Å². The molecule has 0 aliphatic rings. The third kappa shape index (κ3) is 2.68. The smallest absolute Gasteiger partial charge is 0.129 e. The van der Waals surface area contributed by atoms with Gasteiger partial charge in [0, 0.05) is 17.7 Å². The van der Waals surface area contributed by atoms with E-state index in [9.17, 15) is 4.39 Å². The molecule has 1 atom stereocenters. The van der Waals surface area contributed by atoms with Crippen LogP contribution in [-0.4, -0.2) is 13.7 Å². The number of hydrogen-bond donors (Lipinski definition) is 1. The van der Waals surface area contributed by atoms with Crippen molar-refractivity contribution in [2.24, 2.45) is 5.73 Å². The average molecular weight is 232 g/mol. The Kier molecular flexibility index (Phi) is 4.08. The Morgan fingerprint density at radius 3 is 2.67 bits per heavy atom. The number of halogens is 2. The molecule has 1 rings (SSSR count). The molecule has 1 unspecified atom stereocenters. The van der Waals surface area contributed by atoms with Crippen LogP contribution in [0.1, 0.15) is 18.9 Å². The summed E-state index contributed by atoms with van der Waals surface area (Å²) in [7, 11) is 1.55. The molecule has 0 heterocycles. The van der Waals surface area contributed by atoms with Crippen LogP contribution < -0.4 is 5.73 Å². The first-order valence-electron chi connectivity index (χ1n) is 4.77. The van der Waals surface area contributed by atoms with Gasteiger partial charge in [0.1, 0.15) is 5.82 Å². The van der Waals surface area contributed by atoms with Gasteiger partial charge in [-0.25, -0.2) is 4.39 Å². The Morgan fingerprint density at radius 2 is 2.20 bits per heavy atom. The van der Waals surface area contributed by atoms with Crippen LogP contribution in [0.3, 0.4) is 0 Å². The molecule has 0 saturated carbocycles.